The first-order valence-corrected chi connectivity index (χ1v) is 7.10. The van der Waals surface area contributed by atoms with Crippen molar-refractivity contribution < 1.29 is 4.79 Å². The summed E-state index contributed by atoms with van der Waals surface area (Å²) < 4.78 is 0. The van der Waals surface area contributed by atoms with Crippen LogP contribution >= 0.6 is 0 Å². The number of amides is 1. The molecule has 2 heterocycles. The van der Waals surface area contributed by atoms with E-state index < -0.39 is 0 Å². The molecule has 1 amide bonds. The molecule has 2 rings (SSSR count). The Kier molecular flexibility index (Phi) is 3.97. The van der Waals surface area contributed by atoms with Gasteiger partial charge in [-0.25, -0.2) is 0 Å². The van der Waals surface area contributed by atoms with Gasteiger partial charge in [-0.3, -0.25) is 9.69 Å². The Morgan fingerprint density at radius 2 is 1.72 bits per heavy atom. The summed E-state index contributed by atoms with van der Waals surface area (Å²) >= 11 is 0. The Bertz CT molecular complexity index is 297. The summed E-state index contributed by atoms with van der Waals surface area (Å²) in [5, 5.41) is 3.17. The van der Waals surface area contributed by atoms with Crippen LogP contribution < -0.4 is 5.32 Å². The summed E-state index contributed by atoms with van der Waals surface area (Å²) in [4.78, 5) is 16.8. The Morgan fingerprint density at radius 1 is 1.17 bits per heavy atom. The first-order chi connectivity index (χ1) is 8.36. The van der Waals surface area contributed by atoms with Crippen LogP contribution in [0.2, 0.25) is 0 Å². The molecule has 104 valence electrons. The van der Waals surface area contributed by atoms with Gasteiger partial charge in [0.15, 0.2) is 0 Å². The largest absolute Gasteiger partial charge is 0.351 e. The Labute approximate surface area is 111 Å². The highest BCUT2D eigenvalue weighted by atomic mass is 16.2. The number of carbonyl (C=O) groups is 1. The van der Waals surface area contributed by atoms with Crippen LogP contribution in [0.5, 0.6) is 0 Å². The van der Waals surface area contributed by atoms with E-state index in [1.165, 1.54) is 0 Å². The van der Waals surface area contributed by atoms with E-state index in [4.69, 9.17) is 0 Å². The lowest BCUT2D eigenvalue weighted by molar-refractivity contribution is -0.128. The van der Waals surface area contributed by atoms with Gasteiger partial charge in [0.1, 0.15) is 0 Å². The number of nitrogens with one attached hydrogen (secondary N) is 1. The van der Waals surface area contributed by atoms with E-state index in [-0.39, 0.29) is 17.4 Å². The van der Waals surface area contributed by atoms with Crippen molar-refractivity contribution in [3.63, 3.8) is 0 Å². The second-order valence-electron chi connectivity index (χ2n) is 6.86. The van der Waals surface area contributed by atoms with Gasteiger partial charge < -0.3 is 10.2 Å². The zero-order valence-electron chi connectivity index (χ0n) is 12.2. The van der Waals surface area contributed by atoms with Crippen LogP contribution in [0.25, 0.3) is 0 Å². The lowest BCUT2D eigenvalue weighted by Gasteiger charge is -2.41. The van der Waals surface area contributed by atoms with Gasteiger partial charge in [-0.15, -0.1) is 0 Å². The Morgan fingerprint density at radius 3 is 2.17 bits per heavy atom. The zero-order valence-corrected chi connectivity index (χ0v) is 12.2. The first kappa shape index (κ1) is 13.8. The maximum Gasteiger partial charge on any atom is 0.223 e. The zero-order chi connectivity index (χ0) is 13.3. The van der Waals surface area contributed by atoms with Gasteiger partial charge in [0, 0.05) is 24.5 Å². The van der Waals surface area contributed by atoms with Crippen molar-refractivity contribution in [2.75, 3.05) is 33.2 Å². The van der Waals surface area contributed by atoms with Crippen molar-refractivity contribution in [3.8, 4) is 0 Å². The fourth-order valence-electron chi connectivity index (χ4n) is 2.92. The third-order valence-electron chi connectivity index (χ3n) is 4.22. The normalized spacial score (nSPS) is 24.9. The SMILES string of the molecule is CN1CC(NC(=O)C2CCN(C(C)(C)C)CC2)C1. The monoisotopic (exact) mass is 253 g/mol. The maximum atomic E-state index is 12.1. The number of nitrogens with zero attached hydrogens (tertiary/aromatic N) is 2. The van der Waals surface area contributed by atoms with Gasteiger partial charge in [-0.2, -0.15) is 0 Å². The highest BCUT2D eigenvalue weighted by molar-refractivity contribution is 5.79. The van der Waals surface area contributed by atoms with E-state index in [0.717, 1.165) is 39.0 Å². The van der Waals surface area contributed by atoms with Crippen LogP contribution in [0, 0.1) is 5.92 Å². The average molecular weight is 253 g/mol. The summed E-state index contributed by atoms with van der Waals surface area (Å²) in [6.45, 7) is 10.9. The molecular formula is C14H27N3O. The lowest BCUT2D eigenvalue weighted by atomic mass is 9.92. The van der Waals surface area contributed by atoms with Gasteiger partial charge in [-0.05, 0) is 53.8 Å². The summed E-state index contributed by atoms with van der Waals surface area (Å²) in [6.07, 6.45) is 2.01. The number of rotatable bonds is 2. The average Bonchev–Trinajstić information content (AvgIpc) is 2.26. The van der Waals surface area contributed by atoms with Crippen LogP contribution in [0.3, 0.4) is 0 Å². The number of likely N-dealkylation sites (N-methyl/N-ethyl adjacent to an activating group) is 1. The standard InChI is InChI=1S/C14H27N3O/c1-14(2,3)17-7-5-11(6-8-17)13(18)15-12-9-16(4)10-12/h11-12H,5-10H2,1-4H3,(H,15,18). The van der Waals surface area contributed by atoms with E-state index >= 15 is 0 Å². The van der Waals surface area contributed by atoms with E-state index in [0.29, 0.717) is 6.04 Å². The number of piperidine rings is 1. The molecule has 18 heavy (non-hydrogen) atoms. The summed E-state index contributed by atoms with van der Waals surface area (Å²) in [6, 6.07) is 0.392. The molecule has 0 radical (unpaired) electrons. The first-order valence-electron chi connectivity index (χ1n) is 7.10. The molecule has 4 nitrogen and oxygen atoms in total. The number of hydrogen-bond acceptors (Lipinski definition) is 3. The fraction of sp³-hybridized carbons (Fsp3) is 0.929. The molecule has 0 bridgehead atoms. The van der Waals surface area contributed by atoms with Crippen molar-refractivity contribution >= 4 is 5.91 Å². The highest BCUT2D eigenvalue weighted by Gasteiger charge is 2.32. The molecule has 2 aliphatic rings. The van der Waals surface area contributed by atoms with Gasteiger partial charge in [0.25, 0.3) is 0 Å². The van der Waals surface area contributed by atoms with E-state index in [1.807, 2.05) is 0 Å². The minimum absolute atomic E-state index is 0.231. The molecule has 0 aromatic rings. The molecule has 0 atom stereocenters. The Balaban J connectivity index is 1.74. The van der Waals surface area contributed by atoms with Crippen molar-refractivity contribution in [2.45, 2.75) is 45.2 Å². The quantitative estimate of drug-likeness (QED) is 0.795. The minimum atomic E-state index is 0.231. The molecule has 4 heteroatoms. The van der Waals surface area contributed by atoms with Crippen LogP contribution in [0.15, 0.2) is 0 Å². The predicted octanol–water partition coefficient (Wildman–Crippen LogP) is 0.927. The van der Waals surface area contributed by atoms with Crippen molar-refractivity contribution in [1.82, 2.24) is 15.1 Å². The number of carbonyl (C=O) groups excluding carboxylic acids is 1. The fourth-order valence-corrected chi connectivity index (χ4v) is 2.92. The maximum absolute atomic E-state index is 12.1. The third-order valence-corrected chi connectivity index (χ3v) is 4.22. The molecule has 2 fully saturated rings. The topological polar surface area (TPSA) is 35.6 Å². The van der Waals surface area contributed by atoms with Crippen LogP contribution in [-0.2, 0) is 4.79 Å². The van der Waals surface area contributed by atoms with Crippen molar-refractivity contribution in [1.29, 1.82) is 0 Å². The molecule has 0 spiro atoms. The molecule has 0 aromatic heterocycles. The second kappa shape index (κ2) is 5.17. The smallest absolute Gasteiger partial charge is 0.223 e. The Hall–Kier alpha value is -0.610. The van der Waals surface area contributed by atoms with Crippen molar-refractivity contribution in [2.24, 2.45) is 5.92 Å². The molecule has 0 aliphatic carbocycles. The van der Waals surface area contributed by atoms with Crippen LogP contribution in [0.4, 0.5) is 0 Å². The summed E-state index contributed by atoms with van der Waals surface area (Å²) in [7, 11) is 2.09. The molecule has 2 aliphatic heterocycles. The number of likely N-dealkylation sites (tertiary alicyclic amines) is 2. The molecule has 2 saturated heterocycles. The molecule has 0 unspecified atom stereocenters. The van der Waals surface area contributed by atoms with E-state index in [9.17, 15) is 4.79 Å². The van der Waals surface area contributed by atoms with E-state index in [2.05, 4.69) is 42.9 Å². The van der Waals surface area contributed by atoms with Gasteiger partial charge in [0.05, 0.1) is 6.04 Å². The summed E-state index contributed by atoms with van der Waals surface area (Å²) in [5.74, 6) is 0.510. The van der Waals surface area contributed by atoms with Crippen LogP contribution in [0.1, 0.15) is 33.6 Å². The second-order valence-corrected chi connectivity index (χ2v) is 6.86. The molecular weight excluding hydrogens is 226 g/mol. The van der Waals surface area contributed by atoms with Gasteiger partial charge >= 0.3 is 0 Å². The molecule has 1 N–H and O–H groups in total. The predicted molar refractivity (Wildman–Crippen MR) is 73.5 cm³/mol. The molecule has 0 saturated carbocycles. The van der Waals surface area contributed by atoms with Crippen LogP contribution in [-0.4, -0.2) is 60.5 Å². The van der Waals surface area contributed by atoms with E-state index in [1.54, 1.807) is 0 Å². The van der Waals surface area contributed by atoms with Gasteiger partial charge in [-0.1, -0.05) is 0 Å². The highest BCUT2D eigenvalue weighted by Crippen LogP contribution is 2.24. The number of hydrogen-bond donors (Lipinski definition) is 1. The van der Waals surface area contributed by atoms with Crippen molar-refractivity contribution in [3.05, 3.63) is 0 Å². The van der Waals surface area contributed by atoms with Gasteiger partial charge in [0.2, 0.25) is 5.91 Å². The third kappa shape index (κ3) is 3.23. The lowest BCUT2D eigenvalue weighted by Crippen LogP contribution is -2.59. The minimum Gasteiger partial charge on any atom is -0.351 e. The molecule has 0 aromatic carbocycles. The summed E-state index contributed by atoms with van der Waals surface area (Å²) in [5.41, 5.74) is 0.234.